The van der Waals surface area contributed by atoms with E-state index in [1.807, 2.05) is 0 Å². The number of carboxylic acids is 1. The van der Waals surface area contributed by atoms with Gasteiger partial charge in [0.15, 0.2) is 0 Å². The van der Waals surface area contributed by atoms with Crippen molar-refractivity contribution in [2.45, 2.75) is 52.7 Å². The maximum atomic E-state index is 11.0. The number of esters is 1. The lowest BCUT2D eigenvalue weighted by Gasteiger charge is -2.19. The zero-order valence-electron chi connectivity index (χ0n) is 16.6. The summed E-state index contributed by atoms with van der Waals surface area (Å²) in [6.07, 6.45) is -1.40. The highest BCUT2D eigenvalue weighted by Crippen LogP contribution is 2.06. The Morgan fingerprint density at radius 1 is 0.815 bits per heavy atom. The minimum absolute atomic E-state index is 0.0746. The summed E-state index contributed by atoms with van der Waals surface area (Å²) in [5.74, 6) is -1.71. The predicted octanol–water partition coefficient (Wildman–Crippen LogP) is 0.642. The number of aliphatic carboxylic acids is 1. The van der Waals surface area contributed by atoms with Crippen LogP contribution in [0, 0.1) is 0 Å². The van der Waals surface area contributed by atoms with Crippen LogP contribution in [-0.2, 0) is 23.8 Å². The minimum Gasteiger partial charge on any atom is -0.480 e. The molecule has 0 heterocycles. The molecule has 0 atom stereocenters. The fraction of sp³-hybridized carbons (Fsp3) is 0.750. The Labute approximate surface area is 158 Å². The minimum atomic E-state index is -1.10. The lowest BCUT2D eigenvalue weighted by atomic mass is 10.2. The molecular formula is C16H30N2O9. The summed E-state index contributed by atoms with van der Waals surface area (Å²) in [4.78, 5) is 42.7. The molecule has 27 heavy (non-hydrogen) atoms. The lowest BCUT2D eigenvalue weighted by Crippen LogP contribution is -2.36. The van der Waals surface area contributed by atoms with Crippen molar-refractivity contribution in [2.75, 3.05) is 26.3 Å². The Morgan fingerprint density at radius 3 is 1.56 bits per heavy atom. The van der Waals surface area contributed by atoms with E-state index in [4.69, 9.17) is 19.7 Å². The Kier molecular flexibility index (Phi) is 12.6. The van der Waals surface area contributed by atoms with Crippen LogP contribution in [0.2, 0.25) is 0 Å². The lowest BCUT2D eigenvalue weighted by molar-refractivity contribution is -0.143. The van der Waals surface area contributed by atoms with Crippen molar-refractivity contribution in [3.05, 3.63) is 0 Å². The van der Waals surface area contributed by atoms with Crippen LogP contribution in [0.25, 0.3) is 0 Å². The van der Waals surface area contributed by atoms with E-state index in [0.29, 0.717) is 0 Å². The van der Waals surface area contributed by atoms with Crippen LogP contribution in [0.1, 0.15) is 41.5 Å². The molecule has 0 aliphatic carbocycles. The number of amides is 2. The molecule has 0 aromatic carbocycles. The first kappa shape index (κ1) is 26.7. The molecule has 0 saturated heterocycles. The first-order chi connectivity index (χ1) is 12.2. The Bertz CT molecular complexity index is 493. The number of nitrogens with one attached hydrogen (secondary N) is 2. The number of hydrogen-bond acceptors (Lipinski definition) is 8. The number of hydrogen-bond donors (Lipinski definition) is 4. The number of aliphatic hydroxyl groups is 1. The summed E-state index contributed by atoms with van der Waals surface area (Å²) >= 11 is 0. The van der Waals surface area contributed by atoms with E-state index >= 15 is 0 Å². The molecule has 2 amide bonds. The van der Waals surface area contributed by atoms with Crippen LogP contribution in [-0.4, -0.2) is 71.8 Å². The Balaban J connectivity index is 0. The zero-order valence-corrected chi connectivity index (χ0v) is 16.6. The molecule has 0 bridgehead atoms. The highest BCUT2D eigenvalue weighted by Gasteiger charge is 2.17. The molecule has 0 aliphatic rings. The average molecular weight is 394 g/mol. The van der Waals surface area contributed by atoms with E-state index in [2.05, 4.69) is 15.4 Å². The molecule has 0 aromatic heterocycles. The van der Waals surface area contributed by atoms with Crippen molar-refractivity contribution in [2.24, 2.45) is 0 Å². The van der Waals surface area contributed by atoms with E-state index in [0.717, 1.165) is 0 Å². The second kappa shape index (κ2) is 12.7. The largest absolute Gasteiger partial charge is 0.480 e. The number of carbonyl (C=O) groups is 4. The smallest absolute Gasteiger partial charge is 0.408 e. The van der Waals surface area contributed by atoms with Gasteiger partial charge in [-0.05, 0) is 41.5 Å². The van der Waals surface area contributed by atoms with Crippen LogP contribution < -0.4 is 10.6 Å². The second-order valence-electron chi connectivity index (χ2n) is 7.05. The SMILES string of the molecule is CC(C)(C)OC(=O)NCC(=O)O.CC(C)(C)OC(=O)NCC(=O)OCCO. The summed E-state index contributed by atoms with van der Waals surface area (Å²) in [6, 6.07) is 0. The molecular weight excluding hydrogens is 364 g/mol. The van der Waals surface area contributed by atoms with Gasteiger partial charge in [-0.1, -0.05) is 0 Å². The van der Waals surface area contributed by atoms with Gasteiger partial charge in [0.1, 0.15) is 30.9 Å². The first-order valence-corrected chi connectivity index (χ1v) is 8.08. The normalized spacial score (nSPS) is 10.6. The predicted molar refractivity (Wildman–Crippen MR) is 94.2 cm³/mol. The fourth-order valence-electron chi connectivity index (χ4n) is 1.13. The van der Waals surface area contributed by atoms with Gasteiger partial charge in [-0.25, -0.2) is 9.59 Å². The van der Waals surface area contributed by atoms with Gasteiger partial charge in [-0.2, -0.15) is 0 Å². The molecule has 0 unspecified atom stereocenters. The monoisotopic (exact) mass is 394 g/mol. The summed E-state index contributed by atoms with van der Waals surface area (Å²) in [5.41, 5.74) is -1.19. The number of ether oxygens (including phenoxy) is 3. The maximum absolute atomic E-state index is 11.0. The fourth-order valence-corrected chi connectivity index (χ4v) is 1.13. The van der Waals surface area contributed by atoms with Crippen molar-refractivity contribution in [1.29, 1.82) is 0 Å². The number of carboxylic acid groups (broad SMARTS) is 1. The molecule has 4 N–H and O–H groups in total. The molecule has 0 fully saturated rings. The first-order valence-electron chi connectivity index (χ1n) is 8.08. The van der Waals surface area contributed by atoms with Gasteiger partial charge in [-0.15, -0.1) is 0 Å². The van der Waals surface area contributed by atoms with Crippen molar-refractivity contribution < 1.29 is 43.6 Å². The zero-order chi connectivity index (χ0) is 21.7. The third kappa shape index (κ3) is 23.4. The topological polar surface area (TPSA) is 160 Å². The third-order valence-electron chi connectivity index (χ3n) is 1.91. The van der Waals surface area contributed by atoms with Crippen molar-refractivity contribution >= 4 is 24.1 Å². The summed E-state index contributed by atoms with van der Waals surface area (Å²) in [6.45, 7) is 9.26. The number of alkyl carbamates (subject to hydrolysis) is 2. The molecule has 11 heteroatoms. The number of aliphatic hydroxyl groups excluding tert-OH is 1. The van der Waals surface area contributed by atoms with Gasteiger partial charge in [0.25, 0.3) is 0 Å². The van der Waals surface area contributed by atoms with E-state index in [1.165, 1.54) is 0 Å². The second-order valence-corrected chi connectivity index (χ2v) is 7.05. The molecule has 0 saturated carbocycles. The van der Waals surface area contributed by atoms with Crippen LogP contribution in [0.4, 0.5) is 9.59 Å². The molecule has 0 aliphatic heterocycles. The average Bonchev–Trinajstić information content (AvgIpc) is 2.46. The molecule has 0 radical (unpaired) electrons. The highest BCUT2D eigenvalue weighted by atomic mass is 16.6. The van der Waals surface area contributed by atoms with Gasteiger partial charge in [0.2, 0.25) is 0 Å². The number of rotatable bonds is 6. The summed E-state index contributed by atoms with van der Waals surface area (Å²) < 4.78 is 14.2. The van der Waals surface area contributed by atoms with Crippen LogP contribution in [0.5, 0.6) is 0 Å². The standard InChI is InChI=1S/C9H17NO5.C7H13NO4/c1-9(2,3)15-8(13)10-6-7(12)14-5-4-11;1-7(2,3)12-6(11)8-4-5(9)10/h11H,4-6H2,1-3H3,(H,10,13);4H2,1-3H3,(H,8,11)(H,9,10). The van der Waals surface area contributed by atoms with Gasteiger partial charge in [-0.3, -0.25) is 9.59 Å². The molecule has 0 spiro atoms. The molecule has 0 rings (SSSR count). The van der Waals surface area contributed by atoms with Gasteiger partial charge in [0, 0.05) is 0 Å². The van der Waals surface area contributed by atoms with Crippen molar-refractivity contribution in [3.8, 4) is 0 Å². The van der Waals surface area contributed by atoms with E-state index in [1.54, 1.807) is 41.5 Å². The molecule has 0 aromatic rings. The van der Waals surface area contributed by atoms with Gasteiger partial charge >= 0.3 is 24.1 Å². The maximum Gasteiger partial charge on any atom is 0.408 e. The van der Waals surface area contributed by atoms with E-state index < -0.39 is 41.9 Å². The summed E-state index contributed by atoms with van der Waals surface area (Å²) in [5, 5.41) is 20.9. The Hall–Kier alpha value is -2.56. The summed E-state index contributed by atoms with van der Waals surface area (Å²) in [7, 11) is 0. The van der Waals surface area contributed by atoms with Gasteiger partial charge < -0.3 is 35.1 Å². The van der Waals surface area contributed by atoms with Crippen LogP contribution in [0.15, 0.2) is 0 Å². The van der Waals surface area contributed by atoms with Gasteiger partial charge in [0.05, 0.1) is 6.61 Å². The number of carbonyl (C=O) groups excluding carboxylic acids is 3. The van der Waals surface area contributed by atoms with E-state index in [9.17, 15) is 19.2 Å². The molecule has 11 nitrogen and oxygen atoms in total. The van der Waals surface area contributed by atoms with Crippen molar-refractivity contribution in [1.82, 2.24) is 10.6 Å². The highest BCUT2D eigenvalue weighted by molar-refractivity contribution is 5.78. The Morgan fingerprint density at radius 2 is 1.22 bits per heavy atom. The van der Waals surface area contributed by atoms with Crippen LogP contribution in [0.3, 0.4) is 0 Å². The van der Waals surface area contributed by atoms with Crippen LogP contribution >= 0.6 is 0 Å². The van der Waals surface area contributed by atoms with Crippen molar-refractivity contribution in [3.63, 3.8) is 0 Å². The van der Waals surface area contributed by atoms with E-state index in [-0.39, 0.29) is 19.8 Å². The third-order valence-corrected chi connectivity index (χ3v) is 1.91. The molecule has 158 valence electrons. The quantitative estimate of drug-likeness (QED) is 0.374.